The standard InChI is InChI=1S/C11H24N2O/c1-5-10(2)12(3)6-7-13(4)11-8-14-9-11/h10-11H,5-9H2,1-4H3. The molecule has 1 atom stereocenters. The Morgan fingerprint density at radius 2 is 1.93 bits per heavy atom. The molecule has 0 bridgehead atoms. The minimum absolute atomic E-state index is 0.667. The maximum atomic E-state index is 5.18. The Morgan fingerprint density at radius 1 is 1.29 bits per heavy atom. The Bertz CT molecular complexity index is 149. The molecule has 0 aliphatic carbocycles. The van der Waals surface area contributed by atoms with Crippen LogP contribution in [0.3, 0.4) is 0 Å². The Balaban J connectivity index is 2.12. The lowest BCUT2D eigenvalue weighted by molar-refractivity contribution is -0.0577. The zero-order valence-electron chi connectivity index (χ0n) is 9.99. The average Bonchev–Trinajstić information content (AvgIpc) is 2.10. The van der Waals surface area contributed by atoms with Crippen molar-refractivity contribution in [3.63, 3.8) is 0 Å². The third-order valence-electron chi connectivity index (χ3n) is 3.39. The molecule has 0 saturated carbocycles. The van der Waals surface area contributed by atoms with E-state index < -0.39 is 0 Å². The van der Waals surface area contributed by atoms with Gasteiger partial charge in [-0.15, -0.1) is 0 Å². The normalized spacial score (nSPS) is 20.1. The van der Waals surface area contributed by atoms with Gasteiger partial charge in [0.25, 0.3) is 0 Å². The van der Waals surface area contributed by atoms with Gasteiger partial charge in [-0.25, -0.2) is 0 Å². The summed E-state index contributed by atoms with van der Waals surface area (Å²) in [5, 5.41) is 0. The molecule has 0 N–H and O–H groups in total. The van der Waals surface area contributed by atoms with Crippen LogP contribution in [-0.2, 0) is 4.74 Å². The molecule has 0 aromatic carbocycles. The van der Waals surface area contributed by atoms with Gasteiger partial charge < -0.3 is 9.64 Å². The van der Waals surface area contributed by atoms with Crippen molar-refractivity contribution in [1.29, 1.82) is 0 Å². The Kier molecular flexibility index (Phi) is 4.85. The number of rotatable bonds is 6. The number of nitrogens with zero attached hydrogens (tertiary/aromatic N) is 2. The molecule has 0 aromatic heterocycles. The lowest BCUT2D eigenvalue weighted by atomic mass is 10.2. The van der Waals surface area contributed by atoms with Crippen LogP contribution in [0.5, 0.6) is 0 Å². The highest BCUT2D eigenvalue weighted by Gasteiger charge is 2.22. The largest absolute Gasteiger partial charge is 0.378 e. The van der Waals surface area contributed by atoms with Crippen LogP contribution in [0.4, 0.5) is 0 Å². The fraction of sp³-hybridized carbons (Fsp3) is 1.00. The number of likely N-dealkylation sites (N-methyl/N-ethyl adjacent to an activating group) is 2. The first kappa shape index (κ1) is 12.0. The van der Waals surface area contributed by atoms with E-state index in [4.69, 9.17) is 4.74 Å². The molecule has 1 unspecified atom stereocenters. The van der Waals surface area contributed by atoms with Crippen LogP contribution in [0, 0.1) is 0 Å². The van der Waals surface area contributed by atoms with Crippen LogP contribution in [0.15, 0.2) is 0 Å². The predicted molar refractivity (Wildman–Crippen MR) is 59.6 cm³/mol. The van der Waals surface area contributed by atoms with Gasteiger partial charge in [-0.1, -0.05) is 6.92 Å². The molecule has 0 spiro atoms. The summed E-state index contributed by atoms with van der Waals surface area (Å²) >= 11 is 0. The average molecular weight is 200 g/mol. The number of hydrogen-bond donors (Lipinski definition) is 0. The minimum atomic E-state index is 0.667. The molecule has 1 aliphatic heterocycles. The molecule has 3 heteroatoms. The van der Waals surface area contributed by atoms with E-state index >= 15 is 0 Å². The summed E-state index contributed by atoms with van der Waals surface area (Å²) in [5.41, 5.74) is 0. The highest BCUT2D eigenvalue weighted by atomic mass is 16.5. The van der Waals surface area contributed by atoms with Crippen molar-refractivity contribution in [1.82, 2.24) is 9.80 Å². The van der Waals surface area contributed by atoms with Crippen molar-refractivity contribution < 1.29 is 4.74 Å². The van der Waals surface area contributed by atoms with Gasteiger partial charge in [0.2, 0.25) is 0 Å². The lowest BCUT2D eigenvalue weighted by Crippen LogP contribution is -2.49. The zero-order valence-corrected chi connectivity index (χ0v) is 9.99. The summed E-state index contributed by atoms with van der Waals surface area (Å²) in [6.45, 7) is 8.67. The fourth-order valence-corrected chi connectivity index (χ4v) is 1.51. The quantitative estimate of drug-likeness (QED) is 0.637. The van der Waals surface area contributed by atoms with Gasteiger partial charge in [-0.05, 0) is 27.4 Å². The van der Waals surface area contributed by atoms with E-state index in [1.165, 1.54) is 6.42 Å². The van der Waals surface area contributed by atoms with E-state index in [1.54, 1.807) is 0 Å². The van der Waals surface area contributed by atoms with Gasteiger partial charge in [0.15, 0.2) is 0 Å². The Labute approximate surface area is 88.0 Å². The maximum absolute atomic E-state index is 5.18. The maximum Gasteiger partial charge on any atom is 0.0645 e. The molecule has 0 radical (unpaired) electrons. The van der Waals surface area contributed by atoms with Crippen molar-refractivity contribution in [2.75, 3.05) is 40.4 Å². The summed E-state index contributed by atoms with van der Waals surface area (Å²) in [5.74, 6) is 0. The summed E-state index contributed by atoms with van der Waals surface area (Å²) in [7, 11) is 4.40. The van der Waals surface area contributed by atoms with Crippen LogP contribution < -0.4 is 0 Å². The molecule has 0 aromatic rings. The fourth-order valence-electron chi connectivity index (χ4n) is 1.51. The monoisotopic (exact) mass is 200 g/mol. The van der Waals surface area contributed by atoms with Gasteiger partial charge in [-0.2, -0.15) is 0 Å². The third-order valence-corrected chi connectivity index (χ3v) is 3.39. The SMILES string of the molecule is CCC(C)N(C)CCN(C)C1COC1. The van der Waals surface area contributed by atoms with Crippen LogP contribution in [0.2, 0.25) is 0 Å². The van der Waals surface area contributed by atoms with E-state index in [0.717, 1.165) is 26.3 Å². The summed E-state index contributed by atoms with van der Waals surface area (Å²) in [4.78, 5) is 4.83. The highest BCUT2D eigenvalue weighted by molar-refractivity contribution is 4.75. The summed E-state index contributed by atoms with van der Waals surface area (Å²) < 4.78 is 5.18. The van der Waals surface area contributed by atoms with Crippen molar-refractivity contribution in [2.24, 2.45) is 0 Å². The van der Waals surface area contributed by atoms with Gasteiger partial charge in [0, 0.05) is 19.1 Å². The van der Waals surface area contributed by atoms with Crippen LogP contribution in [0.25, 0.3) is 0 Å². The van der Waals surface area contributed by atoms with Crippen LogP contribution in [-0.4, -0.2) is 62.3 Å². The molecule has 84 valence electrons. The smallest absolute Gasteiger partial charge is 0.0645 e. The number of hydrogen-bond acceptors (Lipinski definition) is 3. The van der Waals surface area contributed by atoms with Crippen molar-refractivity contribution in [2.45, 2.75) is 32.4 Å². The molecule has 3 nitrogen and oxygen atoms in total. The van der Waals surface area contributed by atoms with E-state index in [1.807, 2.05) is 0 Å². The first-order valence-electron chi connectivity index (χ1n) is 5.63. The molecular formula is C11H24N2O. The number of ether oxygens (including phenoxy) is 1. The van der Waals surface area contributed by atoms with Crippen molar-refractivity contribution in [3.8, 4) is 0 Å². The predicted octanol–water partition coefficient (Wildman–Crippen LogP) is 1.05. The third kappa shape index (κ3) is 3.23. The second-order valence-corrected chi connectivity index (χ2v) is 4.41. The van der Waals surface area contributed by atoms with Crippen LogP contribution in [0.1, 0.15) is 20.3 Å². The van der Waals surface area contributed by atoms with E-state index in [2.05, 4.69) is 37.7 Å². The van der Waals surface area contributed by atoms with Gasteiger partial charge in [0.05, 0.1) is 19.3 Å². The second-order valence-electron chi connectivity index (χ2n) is 4.41. The molecule has 1 rings (SSSR count). The van der Waals surface area contributed by atoms with Gasteiger partial charge >= 0.3 is 0 Å². The summed E-state index contributed by atoms with van der Waals surface area (Å²) in [6.07, 6.45) is 1.23. The van der Waals surface area contributed by atoms with Crippen molar-refractivity contribution in [3.05, 3.63) is 0 Å². The molecule has 1 aliphatic rings. The Hall–Kier alpha value is -0.120. The highest BCUT2D eigenvalue weighted by Crippen LogP contribution is 2.08. The molecule has 14 heavy (non-hydrogen) atoms. The summed E-state index contributed by atoms with van der Waals surface area (Å²) in [6, 6.07) is 1.36. The first-order chi connectivity index (χ1) is 6.65. The minimum Gasteiger partial charge on any atom is -0.378 e. The molecule has 1 saturated heterocycles. The zero-order chi connectivity index (χ0) is 10.6. The second kappa shape index (κ2) is 5.69. The van der Waals surface area contributed by atoms with E-state index in [9.17, 15) is 0 Å². The van der Waals surface area contributed by atoms with Crippen LogP contribution >= 0.6 is 0 Å². The topological polar surface area (TPSA) is 15.7 Å². The van der Waals surface area contributed by atoms with E-state index in [0.29, 0.717) is 12.1 Å². The van der Waals surface area contributed by atoms with Crippen molar-refractivity contribution >= 4 is 0 Å². The van der Waals surface area contributed by atoms with Gasteiger partial charge in [-0.3, -0.25) is 4.90 Å². The molecule has 0 amide bonds. The van der Waals surface area contributed by atoms with E-state index in [-0.39, 0.29) is 0 Å². The molecule has 1 heterocycles. The first-order valence-corrected chi connectivity index (χ1v) is 5.63. The Morgan fingerprint density at radius 3 is 2.36 bits per heavy atom. The molecule has 1 fully saturated rings. The van der Waals surface area contributed by atoms with Gasteiger partial charge in [0.1, 0.15) is 0 Å². The lowest BCUT2D eigenvalue weighted by Gasteiger charge is -2.36. The molecular weight excluding hydrogens is 176 g/mol.